The third kappa shape index (κ3) is 4.87. The Morgan fingerprint density at radius 1 is 1.35 bits per heavy atom. The Bertz CT molecular complexity index is 376. The van der Waals surface area contributed by atoms with E-state index in [4.69, 9.17) is 5.11 Å². The van der Waals surface area contributed by atoms with E-state index in [0.717, 1.165) is 0 Å². The molecule has 1 atom stereocenters. The molecule has 0 aliphatic carbocycles. The molecule has 9 heteroatoms. The van der Waals surface area contributed by atoms with Gasteiger partial charge in [0.2, 0.25) is 0 Å². The van der Waals surface area contributed by atoms with Gasteiger partial charge in [-0.25, -0.2) is 4.79 Å². The van der Waals surface area contributed by atoms with Crippen LogP contribution in [0.5, 0.6) is 0 Å². The molecule has 0 aromatic heterocycles. The molecule has 0 aromatic rings. The molecule has 1 saturated heterocycles. The smallest absolute Gasteiger partial charge is 0.406 e. The van der Waals surface area contributed by atoms with E-state index in [1.807, 2.05) is 11.9 Å². The van der Waals surface area contributed by atoms with Gasteiger partial charge < -0.3 is 19.8 Å². The number of alkyl halides is 3. The number of rotatable bonds is 3. The summed E-state index contributed by atoms with van der Waals surface area (Å²) < 4.78 is 37.3. The van der Waals surface area contributed by atoms with Gasteiger partial charge in [-0.3, -0.25) is 4.79 Å². The van der Waals surface area contributed by atoms with Gasteiger partial charge in [0.25, 0.3) is 0 Å². The van der Waals surface area contributed by atoms with Crippen molar-refractivity contribution in [2.45, 2.75) is 19.1 Å². The molecule has 20 heavy (non-hydrogen) atoms. The maximum Gasteiger partial charge on any atom is 0.406 e. The second-order valence-electron chi connectivity index (χ2n) is 4.95. The van der Waals surface area contributed by atoms with E-state index in [1.165, 1.54) is 4.90 Å². The lowest BCUT2D eigenvalue weighted by Crippen LogP contribution is -2.58. The van der Waals surface area contributed by atoms with Crippen LogP contribution in [0.1, 0.15) is 6.92 Å². The van der Waals surface area contributed by atoms with Gasteiger partial charge in [0.1, 0.15) is 13.1 Å². The van der Waals surface area contributed by atoms with Crippen LogP contribution in [-0.4, -0.2) is 83.8 Å². The zero-order valence-electron chi connectivity index (χ0n) is 11.4. The quantitative estimate of drug-likeness (QED) is 0.832. The van der Waals surface area contributed by atoms with Crippen LogP contribution in [0.15, 0.2) is 0 Å². The van der Waals surface area contributed by atoms with Crippen LogP contribution in [-0.2, 0) is 4.79 Å². The zero-order chi connectivity index (χ0) is 15.5. The monoisotopic (exact) mass is 297 g/mol. The number of carboxylic acids is 1. The standard InChI is InChI=1S/C11H18F3N3O3/c1-8-5-15(2)3-4-17(8)10(20)16(6-9(18)19)7-11(12,13)14/h8H,3-7H2,1-2H3,(H,18,19). The number of carbonyl (C=O) groups excluding carboxylic acids is 1. The van der Waals surface area contributed by atoms with Crippen molar-refractivity contribution in [2.75, 3.05) is 39.8 Å². The third-order valence-electron chi connectivity index (χ3n) is 3.04. The first-order valence-corrected chi connectivity index (χ1v) is 6.13. The minimum Gasteiger partial charge on any atom is -0.480 e. The topological polar surface area (TPSA) is 64.1 Å². The average molecular weight is 297 g/mol. The fourth-order valence-electron chi connectivity index (χ4n) is 2.18. The minimum absolute atomic E-state index is 0.259. The van der Waals surface area contributed by atoms with Crippen LogP contribution >= 0.6 is 0 Å². The van der Waals surface area contributed by atoms with E-state index in [0.29, 0.717) is 18.0 Å². The molecule has 6 nitrogen and oxygen atoms in total. The van der Waals surface area contributed by atoms with Crippen molar-refractivity contribution in [2.24, 2.45) is 0 Å². The number of hydrogen-bond donors (Lipinski definition) is 1. The number of aliphatic carboxylic acids is 1. The Morgan fingerprint density at radius 3 is 2.40 bits per heavy atom. The summed E-state index contributed by atoms with van der Waals surface area (Å²) >= 11 is 0. The number of halogens is 3. The molecule has 1 aliphatic rings. The molecule has 0 bridgehead atoms. The molecule has 1 fully saturated rings. The van der Waals surface area contributed by atoms with Crippen molar-refractivity contribution in [1.29, 1.82) is 0 Å². The number of nitrogens with zero attached hydrogens (tertiary/aromatic N) is 3. The Labute approximate surface area is 114 Å². The Kier molecular flexibility index (Phi) is 5.21. The van der Waals surface area contributed by atoms with Gasteiger partial charge in [-0.15, -0.1) is 0 Å². The first-order chi connectivity index (χ1) is 9.10. The molecule has 1 unspecified atom stereocenters. The van der Waals surface area contributed by atoms with Crippen LogP contribution in [0.3, 0.4) is 0 Å². The van der Waals surface area contributed by atoms with Crippen molar-refractivity contribution in [1.82, 2.24) is 14.7 Å². The summed E-state index contributed by atoms with van der Waals surface area (Å²) in [5.74, 6) is -1.47. The summed E-state index contributed by atoms with van der Waals surface area (Å²) in [6.07, 6.45) is -4.62. The van der Waals surface area contributed by atoms with Crippen molar-refractivity contribution >= 4 is 12.0 Å². The maximum atomic E-state index is 12.4. The lowest BCUT2D eigenvalue weighted by atomic mass is 10.2. The largest absolute Gasteiger partial charge is 0.480 e. The van der Waals surface area contributed by atoms with Crippen LogP contribution in [0.2, 0.25) is 0 Å². The van der Waals surface area contributed by atoms with E-state index in [-0.39, 0.29) is 12.6 Å². The summed E-state index contributed by atoms with van der Waals surface area (Å²) in [7, 11) is 1.85. The summed E-state index contributed by atoms with van der Waals surface area (Å²) in [5, 5.41) is 8.65. The van der Waals surface area contributed by atoms with Gasteiger partial charge in [-0.2, -0.15) is 13.2 Å². The number of likely N-dealkylation sites (N-methyl/N-ethyl adjacent to an activating group) is 1. The minimum atomic E-state index is -4.62. The van der Waals surface area contributed by atoms with Gasteiger partial charge in [0.15, 0.2) is 0 Å². The number of urea groups is 1. The first kappa shape index (κ1) is 16.5. The molecule has 116 valence electrons. The average Bonchev–Trinajstić information content (AvgIpc) is 2.24. The highest BCUT2D eigenvalue weighted by Gasteiger charge is 2.37. The Hall–Kier alpha value is -1.51. The zero-order valence-corrected chi connectivity index (χ0v) is 11.4. The molecule has 0 aromatic carbocycles. The van der Waals surface area contributed by atoms with E-state index in [2.05, 4.69) is 0 Å². The number of carbonyl (C=O) groups is 2. The van der Waals surface area contributed by atoms with E-state index in [9.17, 15) is 22.8 Å². The lowest BCUT2D eigenvalue weighted by molar-refractivity contribution is -0.150. The number of hydrogen-bond acceptors (Lipinski definition) is 3. The molecule has 0 radical (unpaired) electrons. The van der Waals surface area contributed by atoms with Crippen LogP contribution in [0, 0.1) is 0 Å². The molecule has 2 amide bonds. The molecular formula is C11H18F3N3O3. The third-order valence-corrected chi connectivity index (χ3v) is 3.04. The van der Waals surface area contributed by atoms with E-state index >= 15 is 0 Å². The maximum absolute atomic E-state index is 12.4. The molecule has 0 saturated carbocycles. The predicted octanol–water partition coefficient (Wildman–Crippen LogP) is 0.691. The van der Waals surface area contributed by atoms with Gasteiger partial charge in [0, 0.05) is 25.7 Å². The SMILES string of the molecule is CC1CN(C)CCN1C(=O)N(CC(=O)O)CC(F)(F)F. The highest BCUT2D eigenvalue weighted by Crippen LogP contribution is 2.19. The number of amides is 2. The highest BCUT2D eigenvalue weighted by atomic mass is 19.4. The summed E-state index contributed by atoms with van der Waals surface area (Å²) in [6.45, 7) is 0.570. The van der Waals surface area contributed by atoms with Crippen molar-refractivity contribution in [3.05, 3.63) is 0 Å². The van der Waals surface area contributed by atoms with Crippen molar-refractivity contribution in [3.8, 4) is 0 Å². The summed E-state index contributed by atoms with van der Waals surface area (Å²) in [5.41, 5.74) is 0. The molecule has 1 aliphatic heterocycles. The Balaban J connectivity index is 2.79. The molecule has 1 heterocycles. The van der Waals surface area contributed by atoms with Crippen LogP contribution < -0.4 is 0 Å². The highest BCUT2D eigenvalue weighted by molar-refractivity contribution is 5.80. The number of carboxylic acid groups (broad SMARTS) is 1. The second-order valence-corrected chi connectivity index (χ2v) is 4.95. The van der Waals surface area contributed by atoms with E-state index < -0.39 is 31.3 Å². The van der Waals surface area contributed by atoms with Gasteiger partial charge in [-0.05, 0) is 14.0 Å². The predicted molar refractivity (Wildman–Crippen MR) is 64.3 cm³/mol. The number of piperazine rings is 1. The molecule has 1 rings (SSSR count). The van der Waals surface area contributed by atoms with Crippen LogP contribution in [0.4, 0.5) is 18.0 Å². The van der Waals surface area contributed by atoms with Crippen LogP contribution in [0.25, 0.3) is 0 Å². The van der Waals surface area contributed by atoms with Gasteiger partial charge in [-0.1, -0.05) is 0 Å². The summed E-state index contributed by atoms with van der Waals surface area (Å²) in [6, 6.07) is -1.14. The second kappa shape index (κ2) is 6.29. The first-order valence-electron chi connectivity index (χ1n) is 6.13. The lowest BCUT2D eigenvalue weighted by Gasteiger charge is -2.40. The van der Waals surface area contributed by atoms with E-state index in [1.54, 1.807) is 6.92 Å². The van der Waals surface area contributed by atoms with Crippen molar-refractivity contribution in [3.63, 3.8) is 0 Å². The molecular weight excluding hydrogens is 279 g/mol. The normalized spacial score (nSPS) is 20.9. The fraction of sp³-hybridized carbons (Fsp3) is 0.818. The van der Waals surface area contributed by atoms with Gasteiger partial charge in [0.05, 0.1) is 0 Å². The fourth-order valence-corrected chi connectivity index (χ4v) is 2.18. The van der Waals surface area contributed by atoms with Gasteiger partial charge >= 0.3 is 18.2 Å². The summed E-state index contributed by atoms with van der Waals surface area (Å²) in [4.78, 5) is 26.3. The Morgan fingerprint density at radius 2 is 1.95 bits per heavy atom. The molecule has 0 spiro atoms. The molecule has 1 N–H and O–H groups in total. The van der Waals surface area contributed by atoms with Crippen molar-refractivity contribution < 1.29 is 27.9 Å².